The third-order valence-corrected chi connectivity index (χ3v) is 4.26. The number of Topliss-reactive ketones (excluding diaryl/α,β-unsaturated/α-hetero) is 1. The van der Waals surface area contributed by atoms with E-state index in [0.29, 0.717) is 23.4 Å². The summed E-state index contributed by atoms with van der Waals surface area (Å²) in [4.78, 5) is 26.1. The summed E-state index contributed by atoms with van der Waals surface area (Å²) in [7, 11) is 0. The maximum Gasteiger partial charge on any atom is 0.238 e. The number of para-hydroxylation sites is 1. The molecule has 0 aliphatic rings. The van der Waals surface area contributed by atoms with Crippen molar-refractivity contribution in [3.05, 3.63) is 65.5 Å². The molecule has 2 aromatic carbocycles. The van der Waals surface area contributed by atoms with Crippen LogP contribution in [0.2, 0.25) is 0 Å². The SMILES string of the molecule is CC(=O)c1ccccc1NC(=O)CN(CC(C)C)CC(O)c1ccc(F)cc1. The molecule has 0 saturated carbocycles. The van der Waals surface area contributed by atoms with Gasteiger partial charge in [-0.25, -0.2) is 4.39 Å². The molecule has 150 valence electrons. The van der Waals surface area contributed by atoms with Crippen molar-refractivity contribution in [3.8, 4) is 0 Å². The molecule has 6 heteroatoms. The minimum Gasteiger partial charge on any atom is -0.387 e. The first kappa shape index (κ1) is 21.7. The van der Waals surface area contributed by atoms with E-state index in [-0.39, 0.29) is 36.5 Å². The van der Waals surface area contributed by atoms with E-state index in [4.69, 9.17) is 0 Å². The van der Waals surface area contributed by atoms with Crippen LogP contribution in [0.3, 0.4) is 0 Å². The number of carbonyl (C=O) groups excluding carboxylic acids is 2. The van der Waals surface area contributed by atoms with Gasteiger partial charge in [0.1, 0.15) is 5.82 Å². The van der Waals surface area contributed by atoms with Crippen LogP contribution >= 0.6 is 0 Å². The smallest absolute Gasteiger partial charge is 0.238 e. The average molecular weight is 386 g/mol. The van der Waals surface area contributed by atoms with Crippen molar-refractivity contribution < 1.29 is 19.1 Å². The Bertz CT molecular complexity index is 806. The van der Waals surface area contributed by atoms with Gasteiger partial charge in [0, 0.05) is 18.7 Å². The normalized spacial score (nSPS) is 12.2. The molecule has 0 heterocycles. The zero-order valence-corrected chi connectivity index (χ0v) is 16.5. The topological polar surface area (TPSA) is 69.6 Å². The molecule has 0 aliphatic carbocycles. The van der Waals surface area contributed by atoms with E-state index in [1.165, 1.54) is 31.2 Å². The van der Waals surface area contributed by atoms with Crippen LogP contribution < -0.4 is 5.32 Å². The van der Waals surface area contributed by atoms with Gasteiger partial charge in [-0.1, -0.05) is 38.1 Å². The van der Waals surface area contributed by atoms with Gasteiger partial charge in [-0.3, -0.25) is 14.5 Å². The molecule has 0 radical (unpaired) electrons. The van der Waals surface area contributed by atoms with E-state index in [9.17, 15) is 19.1 Å². The third kappa shape index (κ3) is 6.55. The number of hydrogen-bond acceptors (Lipinski definition) is 4. The first-order chi connectivity index (χ1) is 13.3. The molecule has 0 aromatic heterocycles. The molecule has 1 amide bonds. The number of aliphatic hydroxyl groups is 1. The Kier molecular flexibility index (Phi) is 7.84. The fourth-order valence-electron chi connectivity index (χ4n) is 3.05. The van der Waals surface area contributed by atoms with Crippen LogP contribution in [0.5, 0.6) is 0 Å². The first-order valence-corrected chi connectivity index (χ1v) is 9.32. The molecule has 1 unspecified atom stereocenters. The largest absolute Gasteiger partial charge is 0.387 e. The van der Waals surface area contributed by atoms with Crippen molar-refractivity contribution in [3.63, 3.8) is 0 Å². The molecular formula is C22H27FN2O3. The molecule has 0 aliphatic heterocycles. The molecule has 28 heavy (non-hydrogen) atoms. The van der Waals surface area contributed by atoms with E-state index in [0.717, 1.165) is 0 Å². The number of amides is 1. The van der Waals surface area contributed by atoms with Gasteiger partial charge < -0.3 is 10.4 Å². The Morgan fingerprint density at radius 2 is 1.71 bits per heavy atom. The number of aliphatic hydroxyl groups excluding tert-OH is 1. The Morgan fingerprint density at radius 1 is 1.07 bits per heavy atom. The summed E-state index contributed by atoms with van der Waals surface area (Å²) in [5, 5.41) is 13.3. The molecule has 0 saturated heterocycles. The fourth-order valence-corrected chi connectivity index (χ4v) is 3.05. The van der Waals surface area contributed by atoms with Gasteiger partial charge in [-0.05, 0) is 42.7 Å². The molecule has 1 atom stereocenters. The van der Waals surface area contributed by atoms with Crippen LogP contribution in [0, 0.1) is 11.7 Å². The van der Waals surface area contributed by atoms with Crippen LogP contribution in [0.1, 0.15) is 42.8 Å². The molecule has 0 fully saturated rings. The quantitative estimate of drug-likeness (QED) is 0.646. The highest BCUT2D eigenvalue weighted by Gasteiger charge is 2.18. The van der Waals surface area contributed by atoms with E-state index in [2.05, 4.69) is 5.32 Å². The van der Waals surface area contributed by atoms with Gasteiger partial charge >= 0.3 is 0 Å². The van der Waals surface area contributed by atoms with Gasteiger partial charge in [-0.15, -0.1) is 0 Å². The zero-order chi connectivity index (χ0) is 20.7. The van der Waals surface area contributed by atoms with E-state index < -0.39 is 6.10 Å². The molecular weight excluding hydrogens is 359 g/mol. The highest BCUT2D eigenvalue weighted by Crippen LogP contribution is 2.18. The van der Waals surface area contributed by atoms with Crippen molar-refractivity contribution in [1.82, 2.24) is 4.90 Å². The maximum atomic E-state index is 13.1. The summed E-state index contributed by atoms with van der Waals surface area (Å²) < 4.78 is 13.1. The lowest BCUT2D eigenvalue weighted by Gasteiger charge is -2.26. The summed E-state index contributed by atoms with van der Waals surface area (Å²) in [6, 6.07) is 12.5. The van der Waals surface area contributed by atoms with Crippen LogP contribution in [0.4, 0.5) is 10.1 Å². The van der Waals surface area contributed by atoms with E-state index in [1.54, 1.807) is 24.3 Å². The van der Waals surface area contributed by atoms with Gasteiger partial charge in [-0.2, -0.15) is 0 Å². The van der Waals surface area contributed by atoms with Crippen LogP contribution in [0.15, 0.2) is 48.5 Å². The average Bonchev–Trinajstić information content (AvgIpc) is 2.61. The van der Waals surface area contributed by atoms with Crippen LogP contribution in [-0.4, -0.2) is 41.3 Å². The second kappa shape index (κ2) is 10.1. The Balaban J connectivity index is 2.06. The molecule has 5 nitrogen and oxygen atoms in total. The highest BCUT2D eigenvalue weighted by molar-refractivity contribution is 6.04. The number of ketones is 1. The van der Waals surface area contributed by atoms with Gasteiger partial charge in [0.15, 0.2) is 5.78 Å². The number of rotatable bonds is 9. The van der Waals surface area contributed by atoms with Gasteiger partial charge in [0.2, 0.25) is 5.91 Å². The van der Waals surface area contributed by atoms with Gasteiger partial charge in [0.25, 0.3) is 0 Å². The molecule has 2 rings (SSSR count). The van der Waals surface area contributed by atoms with Crippen molar-refractivity contribution in [2.75, 3.05) is 25.0 Å². The van der Waals surface area contributed by atoms with E-state index >= 15 is 0 Å². The first-order valence-electron chi connectivity index (χ1n) is 9.32. The van der Waals surface area contributed by atoms with Crippen molar-refractivity contribution in [1.29, 1.82) is 0 Å². The number of anilines is 1. The van der Waals surface area contributed by atoms with Crippen molar-refractivity contribution in [2.45, 2.75) is 26.9 Å². The molecule has 2 N–H and O–H groups in total. The number of benzene rings is 2. The molecule has 0 bridgehead atoms. The van der Waals surface area contributed by atoms with Crippen LogP contribution in [-0.2, 0) is 4.79 Å². The Hall–Kier alpha value is -2.57. The number of nitrogens with zero attached hydrogens (tertiary/aromatic N) is 1. The minimum absolute atomic E-state index is 0.0721. The lowest BCUT2D eigenvalue weighted by molar-refractivity contribution is -0.117. The summed E-state index contributed by atoms with van der Waals surface area (Å²) in [5.41, 5.74) is 1.53. The second-order valence-corrected chi connectivity index (χ2v) is 7.31. The zero-order valence-electron chi connectivity index (χ0n) is 16.5. The van der Waals surface area contributed by atoms with Crippen molar-refractivity contribution >= 4 is 17.4 Å². The molecule has 2 aromatic rings. The summed E-state index contributed by atoms with van der Waals surface area (Å²) in [6.07, 6.45) is -0.836. The fraction of sp³-hybridized carbons (Fsp3) is 0.364. The number of carbonyl (C=O) groups is 2. The summed E-state index contributed by atoms with van der Waals surface area (Å²) >= 11 is 0. The number of nitrogens with one attached hydrogen (secondary N) is 1. The van der Waals surface area contributed by atoms with Crippen molar-refractivity contribution in [2.24, 2.45) is 5.92 Å². The lowest BCUT2D eigenvalue weighted by atomic mass is 10.1. The van der Waals surface area contributed by atoms with E-state index in [1.807, 2.05) is 18.7 Å². The van der Waals surface area contributed by atoms with Crippen LogP contribution in [0.25, 0.3) is 0 Å². The predicted molar refractivity (Wildman–Crippen MR) is 108 cm³/mol. The summed E-state index contributed by atoms with van der Waals surface area (Å²) in [6.45, 7) is 6.43. The Morgan fingerprint density at radius 3 is 2.32 bits per heavy atom. The predicted octanol–water partition coefficient (Wildman–Crippen LogP) is 3.66. The molecule has 0 spiro atoms. The maximum absolute atomic E-state index is 13.1. The lowest BCUT2D eigenvalue weighted by Crippen LogP contribution is -2.38. The standard InChI is InChI=1S/C22H27FN2O3/c1-15(2)12-25(13-21(27)17-8-10-18(23)11-9-17)14-22(28)24-20-7-5-4-6-19(20)16(3)26/h4-11,15,21,27H,12-14H2,1-3H3,(H,24,28). The number of halogens is 1. The Labute approximate surface area is 165 Å². The summed E-state index contributed by atoms with van der Waals surface area (Å²) in [5.74, 6) is -0.460. The number of hydrogen-bond donors (Lipinski definition) is 2. The third-order valence-electron chi connectivity index (χ3n) is 4.26. The monoisotopic (exact) mass is 386 g/mol. The minimum atomic E-state index is -0.836. The second-order valence-electron chi connectivity index (χ2n) is 7.31. The highest BCUT2D eigenvalue weighted by atomic mass is 19.1. The van der Waals surface area contributed by atoms with Gasteiger partial charge in [0.05, 0.1) is 18.3 Å².